The van der Waals surface area contributed by atoms with Gasteiger partial charge in [0.1, 0.15) is 11.8 Å². The van der Waals surface area contributed by atoms with Crippen LogP contribution in [0.5, 0.6) is 5.75 Å². The highest BCUT2D eigenvalue weighted by Crippen LogP contribution is 2.18. The van der Waals surface area contributed by atoms with Crippen LogP contribution in [0.3, 0.4) is 0 Å². The fourth-order valence-electron chi connectivity index (χ4n) is 2.36. The van der Waals surface area contributed by atoms with Gasteiger partial charge in [-0.3, -0.25) is 15.1 Å². The van der Waals surface area contributed by atoms with Gasteiger partial charge in [0.15, 0.2) is 5.11 Å². The number of carbonyl (C=O) groups excluding carboxylic acids is 1. The Morgan fingerprint density at radius 3 is 2.50 bits per heavy atom. The molecule has 9 heteroatoms. The Hall–Kier alpha value is -3.07. The Bertz CT molecular complexity index is 828. The molecule has 28 heavy (non-hydrogen) atoms. The van der Waals surface area contributed by atoms with Crippen molar-refractivity contribution in [2.75, 3.05) is 7.05 Å². The smallest absolute Gasteiger partial charge is 0.334 e. The molecule has 8 nitrogen and oxygen atoms in total. The fraction of sp³-hybridized carbons (Fsp3) is 0.316. The van der Waals surface area contributed by atoms with Crippen molar-refractivity contribution < 1.29 is 14.5 Å². The summed E-state index contributed by atoms with van der Waals surface area (Å²) in [6.07, 6.45) is 1.71. The lowest BCUT2D eigenvalue weighted by Crippen LogP contribution is -2.50. The normalized spacial score (nSPS) is 11.6. The van der Waals surface area contributed by atoms with E-state index < -0.39 is 16.9 Å². The highest BCUT2D eigenvalue weighted by Gasteiger charge is 2.26. The molecule has 0 saturated carbocycles. The molecule has 1 atom stereocenters. The van der Waals surface area contributed by atoms with Gasteiger partial charge in [-0.05, 0) is 42.4 Å². The number of pyridine rings is 1. The van der Waals surface area contributed by atoms with Crippen molar-refractivity contribution in [2.45, 2.75) is 26.4 Å². The maximum atomic E-state index is 12.6. The van der Waals surface area contributed by atoms with Crippen LogP contribution in [-0.2, 0) is 11.3 Å². The van der Waals surface area contributed by atoms with Crippen molar-refractivity contribution >= 4 is 29.0 Å². The van der Waals surface area contributed by atoms with E-state index in [0.29, 0.717) is 11.7 Å². The Labute approximate surface area is 168 Å². The molecular weight excluding hydrogens is 380 g/mol. The molecule has 1 aromatic heterocycles. The summed E-state index contributed by atoms with van der Waals surface area (Å²) in [7, 11) is 1.81. The molecule has 1 N–H and O–H groups in total. The largest absolute Gasteiger partial charge is 0.425 e. The van der Waals surface area contributed by atoms with Gasteiger partial charge in [-0.15, -0.1) is 0 Å². The van der Waals surface area contributed by atoms with Gasteiger partial charge in [-0.2, -0.15) is 0 Å². The number of ether oxygens (including phenoxy) is 1. The van der Waals surface area contributed by atoms with Gasteiger partial charge < -0.3 is 15.0 Å². The standard InChI is InChI=1S/C19H22N4O4S/c1-13(2)17(18(24)27-16-9-7-15(8-10-16)23(25)26)21-19(28)22(3)12-14-6-4-5-11-20-14/h4-11,13,17H,12H2,1-3H3,(H,21,28)/t17-/m0/s1. The number of hydrogen-bond acceptors (Lipinski definition) is 6. The summed E-state index contributed by atoms with van der Waals surface area (Å²) in [6.45, 7) is 4.24. The van der Waals surface area contributed by atoms with Crippen LogP contribution in [0.1, 0.15) is 19.5 Å². The molecule has 2 aromatic rings. The molecule has 1 aromatic carbocycles. The lowest BCUT2D eigenvalue weighted by Gasteiger charge is -2.27. The molecule has 2 rings (SSSR count). The average Bonchev–Trinajstić information content (AvgIpc) is 2.66. The van der Waals surface area contributed by atoms with Gasteiger partial charge in [-0.25, -0.2) is 4.79 Å². The third-order valence-corrected chi connectivity index (χ3v) is 4.37. The number of esters is 1. The number of hydrogen-bond donors (Lipinski definition) is 1. The van der Waals surface area contributed by atoms with E-state index in [1.54, 1.807) is 11.1 Å². The third-order valence-electron chi connectivity index (χ3n) is 3.94. The van der Waals surface area contributed by atoms with Gasteiger partial charge in [0.25, 0.3) is 5.69 Å². The Kier molecular flexibility index (Phi) is 7.39. The molecule has 0 spiro atoms. The second-order valence-electron chi connectivity index (χ2n) is 6.52. The van der Waals surface area contributed by atoms with Crippen LogP contribution in [-0.4, -0.2) is 39.0 Å². The number of aromatic nitrogens is 1. The summed E-state index contributed by atoms with van der Waals surface area (Å²) in [4.78, 5) is 28.8. The zero-order valence-electron chi connectivity index (χ0n) is 15.9. The number of rotatable bonds is 7. The zero-order valence-corrected chi connectivity index (χ0v) is 16.7. The zero-order chi connectivity index (χ0) is 20.7. The topological polar surface area (TPSA) is 97.6 Å². The molecule has 0 aliphatic carbocycles. The minimum Gasteiger partial charge on any atom is -0.425 e. The summed E-state index contributed by atoms with van der Waals surface area (Å²) >= 11 is 5.41. The molecule has 0 unspecified atom stereocenters. The molecule has 0 saturated heterocycles. The molecule has 0 fully saturated rings. The highest BCUT2D eigenvalue weighted by molar-refractivity contribution is 7.80. The maximum Gasteiger partial charge on any atom is 0.334 e. The van der Waals surface area contributed by atoms with Crippen LogP contribution in [0.25, 0.3) is 0 Å². The van der Waals surface area contributed by atoms with Crippen LogP contribution in [0.15, 0.2) is 48.7 Å². The van der Waals surface area contributed by atoms with E-state index in [1.165, 1.54) is 24.3 Å². The van der Waals surface area contributed by atoms with Crippen molar-refractivity contribution in [1.82, 2.24) is 15.2 Å². The fourth-order valence-corrected chi connectivity index (χ4v) is 2.55. The number of nitrogens with zero attached hydrogens (tertiary/aromatic N) is 3. The molecule has 0 aliphatic rings. The third kappa shape index (κ3) is 5.98. The van der Waals surface area contributed by atoms with Crippen LogP contribution in [0, 0.1) is 16.0 Å². The van der Waals surface area contributed by atoms with Crippen molar-refractivity contribution in [1.29, 1.82) is 0 Å². The molecule has 0 amide bonds. The summed E-state index contributed by atoms with van der Waals surface area (Å²) in [5.74, 6) is -0.375. The SMILES string of the molecule is CC(C)[C@H](NC(=S)N(C)Cc1ccccn1)C(=O)Oc1ccc([N+](=O)[O-])cc1. The lowest BCUT2D eigenvalue weighted by atomic mass is 10.1. The van der Waals surface area contributed by atoms with Crippen molar-refractivity contribution in [2.24, 2.45) is 5.92 Å². The summed E-state index contributed by atoms with van der Waals surface area (Å²) < 4.78 is 5.36. The highest BCUT2D eigenvalue weighted by atomic mass is 32.1. The number of thiocarbonyl (C=S) groups is 1. The number of nitrogens with one attached hydrogen (secondary N) is 1. The average molecular weight is 402 g/mol. The minimum absolute atomic E-state index is 0.0735. The quantitative estimate of drug-likeness (QED) is 0.248. The van der Waals surface area contributed by atoms with E-state index in [2.05, 4.69) is 10.3 Å². The van der Waals surface area contributed by atoms with Crippen LogP contribution in [0.4, 0.5) is 5.69 Å². The van der Waals surface area contributed by atoms with E-state index in [4.69, 9.17) is 17.0 Å². The molecule has 0 bridgehead atoms. The Balaban J connectivity index is 2.00. The van der Waals surface area contributed by atoms with Crippen LogP contribution in [0.2, 0.25) is 0 Å². The van der Waals surface area contributed by atoms with E-state index >= 15 is 0 Å². The van der Waals surface area contributed by atoms with Crippen LogP contribution >= 0.6 is 12.2 Å². The molecule has 148 valence electrons. The monoisotopic (exact) mass is 402 g/mol. The summed E-state index contributed by atoms with van der Waals surface area (Å²) in [5, 5.41) is 14.1. The second kappa shape index (κ2) is 9.75. The Morgan fingerprint density at radius 2 is 1.96 bits per heavy atom. The van der Waals surface area contributed by atoms with Crippen molar-refractivity contribution in [3.8, 4) is 5.75 Å². The van der Waals surface area contributed by atoms with E-state index in [-0.39, 0.29) is 17.4 Å². The first-order chi connectivity index (χ1) is 13.3. The van der Waals surface area contributed by atoms with E-state index in [0.717, 1.165) is 5.69 Å². The van der Waals surface area contributed by atoms with Gasteiger partial charge in [0, 0.05) is 25.4 Å². The number of benzene rings is 1. The molecule has 0 radical (unpaired) electrons. The molecular formula is C19H22N4O4S. The minimum atomic E-state index is -0.672. The van der Waals surface area contributed by atoms with Crippen LogP contribution < -0.4 is 10.1 Å². The number of carbonyl (C=O) groups is 1. The first kappa shape index (κ1) is 21.2. The van der Waals surface area contributed by atoms with Gasteiger partial charge in [0.05, 0.1) is 17.2 Å². The van der Waals surface area contributed by atoms with E-state index in [9.17, 15) is 14.9 Å². The summed E-state index contributed by atoms with van der Waals surface area (Å²) in [5.41, 5.74) is 0.777. The Morgan fingerprint density at radius 1 is 1.29 bits per heavy atom. The van der Waals surface area contributed by atoms with Gasteiger partial charge in [0.2, 0.25) is 0 Å². The summed E-state index contributed by atoms with van der Waals surface area (Å²) in [6, 6.07) is 10.3. The van der Waals surface area contributed by atoms with Crippen molar-refractivity contribution in [3.63, 3.8) is 0 Å². The number of non-ortho nitro benzene ring substituents is 1. The second-order valence-corrected chi connectivity index (χ2v) is 6.91. The maximum absolute atomic E-state index is 12.6. The molecule has 1 heterocycles. The van der Waals surface area contributed by atoms with Gasteiger partial charge in [-0.1, -0.05) is 19.9 Å². The first-order valence-corrected chi connectivity index (χ1v) is 9.06. The number of nitro benzene ring substituents is 1. The van der Waals surface area contributed by atoms with E-state index in [1.807, 2.05) is 39.1 Å². The lowest BCUT2D eigenvalue weighted by molar-refractivity contribution is -0.384. The number of nitro groups is 1. The predicted octanol–water partition coefficient (Wildman–Crippen LogP) is 2.93. The predicted molar refractivity (Wildman–Crippen MR) is 109 cm³/mol. The van der Waals surface area contributed by atoms with Gasteiger partial charge >= 0.3 is 5.97 Å². The molecule has 0 aliphatic heterocycles. The first-order valence-electron chi connectivity index (χ1n) is 8.65. The van der Waals surface area contributed by atoms with Crippen molar-refractivity contribution in [3.05, 3.63) is 64.5 Å².